The average Bonchev–Trinajstić information content (AvgIpc) is 3.11. The van der Waals surface area contributed by atoms with Gasteiger partial charge >= 0.3 is 16.4 Å². The number of aliphatic imine (C=N–C) groups is 1. The first kappa shape index (κ1) is 32.0. The monoisotopic (exact) mass is 673 g/mol. The Kier molecular flexibility index (Phi) is 7.46. The van der Waals surface area contributed by atoms with E-state index in [0.717, 1.165) is 18.2 Å². The first-order valence-corrected chi connectivity index (χ1v) is 14.7. The SMILES string of the molecule is CS(=O)(=O)N(CC(F)(F)F)c1c(C#N)nn(-c2c(Cl)cc(S(F)(F)(F)(F)F)cc2Cl)c1N=Cc1ccc(O)cc1O. The third-order valence-electron chi connectivity index (χ3n) is 4.90. The summed E-state index contributed by atoms with van der Waals surface area (Å²) in [5.74, 6) is -2.07. The number of anilines is 1. The Morgan fingerprint density at radius 1 is 1.12 bits per heavy atom. The summed E-state index contributed by atoms with van der Waals surface area (Å²) in [7, 11) is -15.2. The van der Waals surface area contributed by atoms with Crippen molar-refractivity contribution in [2.24, 2.45) is 4.99 Å². The molecular formula is C20H13Cl2F8N5O4S2. The summed E-state index contributed by atoms with van der Waals surface area (Å²) in [5, 5.41) is 30.3. The molecule has 0 atom stereocenters. The van der Waals surface area contributed by atoms with E-state index in [1.807, 2.05) is 0 Å². The van der Waals surface area contributed by atoms with Gasteiger partial charge in [0.15, 0.2) is 11.5 Å². The average molecular weight is 674 g/mol. The van der Waals surface area contributed by atoms with Gasteiger partial charge in [0.1, 0.15) is 40.4 Å². The minimum Gasteiger partial charge on any atom is -0.508 e. The Bertz CT molecular complexity index is 1720. The lowest BCUT2D eigenvalue weighted by molar-refractivity contribution is -0.117. The third-order valence-corrected chi connectivity index (χ3v) is 7.72. The number of nitriles is 1. The first-order chi connectivity index (χ1) is 18.3. The van der Waals surface area contributed by atoms with Crippen molar-refractivity contribution in [2.75, 3.05) is 17.1 Å². The Balaban J connectivity index is 2.46. The molecule has 0 bridgehead atoms. The molecule has 0 saturated heterocycles. The molecular weight excluding hydrogens is 661 g/mol. The molecule has 0 amide bonds. The molecule has 1 heterocycles. The number of hydrogen-bond donors (Lipinski definition) is 2. The van der Waals surface area contributed by atoms with E-state index in [-0.39, 0.29) is 26.7 Å². The molecule has 1 aromatic heterocycles. The fourth-order valence-electron chi connectivity index (χ4n) is 3.24. The van der Waals surface area contributed by atoms with Crippen molar-refractivity contribution in [1.82, 2.24) is 9.78 Å². The molecule has 0 unspecified atom stereocenters. The molecule has 0 spiro atoms. The number of phenols is 2. The van der Waals surface area contributed by atoms with E-state index >= 15 is 0 Å². The van der Waals surface area contributed by atoms with E-state index in [9.17, 15) is 56.5 Å². The highest BCUT2D eigenvalue weighted by Crippen LogP contribution is 3.02. The molecule has 0 fully saturated rings. The van der Waals surface area contributed by atoms with Crippen LogP contribution in [0.25, 0.3) is 5.69 Å². The molecule has 2 N–H and O–H groups in total. The van der Waals surface area contributed by atoms with Crippen molar-refractivity contribution in [3.63, 3.8) is 0 Å². The Hall–Kier alpha value is -3.47. The largest absolute Gasteiger partial charge is 0.508 e. The van der Waals surface area contributed by atoms with Crippen LogP contribution in [0.4, 0.5) is 44.1 Å². The summed E-state index contributed by atoms with van der Waals surface area (Å²) in [6.45, 7) is -2.23. The number of aromatic hydroxyl groups is 2. The number of alkyl halides is 3. The zero-order valence-electron chi connectivity index (χ0n) is 19.7. The molecule has 0 aliphatic rings. The minimum absolute atomic E-state index is 0.241. The summed E-state index contributed by atoms with van der Waals surface area (Å²) < 4.78 is 132. The van der Waals surface area contributed by atoms with Gasteiger partial charge in [-0.05, 0) is 24.3 Å². The number of halogens is 10. The Labute approximate surface area is 235 Å². The van der Waals surface area contributed by atoms with Gasteiger partial charge in [0.2, 0.25) is 10.0 Å². The lowest BCUT2D eigenvalue weighted by atomic mass is 10.2. The highest BCUT2D eigenvalue weighted by Gasteiger charge is 2.65. The van der Waals surface area contributed by atoms with Crippen molar-refractivity contribution in [3.05, 3.63) is 51.6 Å². The van der Waals surface area contributed by atoms with Crippen LogP contribution >= 0.6 is 33.4 Å². The van der Waals surface area contributed by atoms with Crippen LogP contribution in [0.2, 0.25) is 10.0 Å². The molecule has 3 aromatic rings. The molecule has 0 aliphatic heterocycles. The van der Waals surface area contributed by atoms with Crippen LogP contribution in [-0.4, -0.2) is 53.6 Å². The molecule has 21 heteroatoms. The second-order valence-electron chi connectivity index (χ2n) is 8.14. The number of rotatable bonds is 7. The van der Waals surface area contributed by atoms with Crippen molar-refractivity contribution in [3.8, 4) is 23.3 Å². The normalized spacial score (nSPS) is 14.5. The molecule has 0 aliphatic carbocycles. The maximum atomic E-state index is 13.4. The smallest absolute Gasteiger partial charge is 0.407 e. The van der Waals surface area contributed by atoms with Crippen LogP contribution < -0.4 is 4.31 Å². The van der Waals surface area contributed by atoms with Crippen molar-refractivity contribution in [2.45, 2.75) is 11.1 Å². The van der Waals surface area contributed by atoms with Gasteiger partial charge in [-0.1, -0.05) is 42.6 Å². The van der Waals surface area contributed by atoms with Crippen LogP contribution in [-0.2, 0) is 10.0 Å². The first-order valence-electron chi connectivity index (χ1n) is 10.2. The number of sulfonamides is 1. The lowest BCUT2D eigenvalue weighted by Crippen LogP contribution is -2.38. The van der Waals surface area contributed by atoms with Gasteiger partial charge in [0, 0.05) is 17.8 Å². The maximum Gasteiger partial charge on any atom is 0.407 e. The molecule has 224 valence electrons. The van der Waals surface area contributed by atoms with E-state index in [2.05, 4.69) is 10.1 Å². The second-order valence-corrected chi connectivity index (χ2v) is 13.3. The van der Waals surface area contributed by atoms with Crippen LogP contribution in [0.1, 0.15) is 11.3 Å². The van der Waals surface area contributed by atoms with E-state index < -0.39 is 82.3 Å². The number of phenolic OH excluding ortho intramolecular Hbond substituents is 2. The Morgan fingerprint density at radius 2 is 1.68 bits per heavy atom. The van der Waals surface area contributed by atoms with Gasteiger partial charge in [-0.3, -0.25) is 4.31 Å². The highest BCUT2D eigenvalue weighted by molar-refractivity contribution is 8.45. The standard InChI is InChI=1S/C20H13Cl2F8N5O4S2/c1-40(38,39)34(9-20(23,24)25)18-15(7-31)33-35(19(18)32-8-10-2-3-11(36)4-16(10)37)17-13(21)5-12(6-14(17)22)41(26,27,28,29)30/h2-6,8,36-37H,9H2,1H3. The fraction of sp³-hybridized carbons (Fsp3) is 0.150. The molecule has 3 rings (SSSR count). The van der Waals surface area contributed by atoms with E-state index in [1.165, 1.54) is 6.07 Å². The molecule has 2 aromatic carbocycles. The summed E-state index contributed by atoms with van der Waals surface area (Å²) >= 11 is 11.7. The maximum absolute atomic E-state index is 13.4. The summed E-state index contributed by atoms with van der Waals surface area (Å²) in [5.41, 5.74) is -3.36. The van der Waals surface area contributed by atoms with Gasteiger partial charge in [0.25, 0.3) is 0 Å². The third kappa shape index (κ3) is 7.25. The summed E-state index contributed by atoms with van der Waals surface area (Å²) in [4.78, 5) is 1.25. The fourth-order valence-corrected chi connectivity index (χ4v) is 5.58. The minimum atomic E-state index is -10.4. The molecule has 0 radical (unpaired) electrons. The van der Waals surface area contributed by atoms with Crippen molar-refractivity contribution < 1.29 is 51.2 Å². The van der Waals surface area contributed by atoms with E-state index in [0.29, 0.717) is 12.5 Å². The van der Waals surface area contributed by atoms with Gasteiger partial charge in [-0.15, -0.1) is 0 Å². The quantitative estimate of drug-likeness (QED) is 0.201. The number of nitrogens with zero attached hydrogens (tertiary/aromatic N) is 5. The van der Waals surface area contributed by atoms with Crippen LogP contribution in [0, 0.1) is 11.3 Å². The Morgan fingerprint density at radius 3 is 2.12 bits per heavy atom. The molecule has 0 saturated carbocycles. The van der Waals surface area contributed by atoms with Crippen LogP contribution in [0.3, 0.4) is 0 Å². The summed E-state index contributed by atoms with van der Waals surface area (Å²) in [6, 6.07) is 3.74. The van der Waals surface area contributed by atoms with Crippen molar-refractivity contribution >= 4 is 61.2 Å². The topological polar surface area (TPSA) is 132 Å². The van der Waals surface area contributed by atoms with E-state index in [4.69, 9.17) is 23.2 Å². The van der Waals surface area contributed by atoms with Crippen molar-refractivity contribution in [1.29, 1.82) is 5.26 Å². The number of aromatic nitrogens is 2. The van der Waals surface area contributed by atoms with Crippen LogP contribution in [0.5, 0.6) is 11.5 Å². The van der Waals surface area contributed by atoms with Gasteiger partial charge in [0.05, 0.1) is 16.3 Å². The summed E-state index contributed by atoms with van der Waals surface area (Å²) in [6.07, 6.45) is -4.18. The lowest BCUT2D eigenvalue weighted by Gasteiger charge is -2.40. The van der Waals surface area contributed by atoms with Crippen LogP contribution in [0.15, 0.2) is 40.2 Å². The zero-order chi connectivity index (χ0) is 31.4. The van der Waals surface area contributed by atoms with Gasteiger partial charge in [-0.2, -0.15) is 23.5 Å². The molecule has 9 nitrogen and oxygen atoms in total. The predicted molar refractivity (Wildman–Crippen MR) is 135 cm³/mol. The van der Waals surface area contributed by atoms with Gasteiger partial charge < -0.3 is 10.2 Å². The predicted octanol–water partition coefficient (Wildman–Crippen LogP) is 7.20. The zero-order valence-corrected chi connectivity index (χ0v) is 22.9. The highest BCUT2D eigenvalue weighted by atomic mass is 35.5. The van der Waals surface area contributed by atoms with E-state index in [1.54, 1.807) is 0 Å². The second kappa shape index (κ2) is 9.54. The van der Waals surface area contributed by atoms with Gasteiger partial charge in [-0.25, -0.2) is 18.1 Å². The molecule has 41 heavy (non-hydrogen) atoms. The number of benzene rings is 2. The number of hydrogen-bond acceptors (Lipinski definition) is 7.